The Hall–Kier alpha value is -3.02. The number of esters is 2. The first-order chi connectivity index (χ1) is 20.0. The molecule has 0 aromatic heterocycles. The maximum atomic E-state index is 12.4. The summed E-state index contributed by atoms with van der Waals surface area (Å²) in [6.45, 7) is 7.77. The van der Waals surface area contributed by atoms with Crippen LogP contribution in [0, 0.1) is 5.92 Å². The zero-order valence-corrected chi connectivity index (χ0v) is 25.7. The molecular formula is C35H52O6. The summed E-state index contributed by atoms with van der Waals surface area (Å²) < 4.78 is 22.5. The van der Waals surface area contributed by atoms with Gasteiger partial charge in [0.15, 0.2) is 0 Å². The van der Waals surface area contributed by atoms with E-state index in [0.717, 1.165) is 24.3 Å². The average molecular weight is 569 g/mol. The van der Waals surface area contributed by atoms with Crippen molar-refractivity contribution >= 4 is 11.9 Å². The SMILES string of the molecule is CCCCCCCCOc1ccc(OC(=O)CC[C@@H](C)CC(=O)Oc2ccc(OCCCCCCCC)cc2)cc1. The summed E-state index contributed by atoms with van der Waals surface area (Å²) in [5.74, 6) is 1.90. The Morgan fingerprint density at radius 1 is 0.561 bits per heavy atom. The summed E-state index contributed by atoms with van der Waals surface area (Å²) in [6.07, 6.45) is 15.7. The molecule has 0 spiro atoms. The number of unbranched alkanes of at least 4 members (excludes halogenated alkanes) is 10. The number of hydrogen-bond acceptors (Lipinski definition) is 6. The van der Waals surface area contributed by atoms with Crippen LogP contribution in [0.15, 0.2) is 48.5 Å². The molecule has 0 aliphatic carbocycles. The molecule has 0 bridgehead atoms. The Balaban J connectivity index is 1.57. The highest BCUT2D eigenvalue weighted by Crippen LogP contribution is 2.22. The van der Waals surface area contributed by atoms with Crippen LogP contribution < -0.4 is 18.9 Å². The minimum Gasteiger partial charge on any atom is -0.494 e. The molecule has 0 aliphatic rings. The van der Waals surface area contributed by atoms with Crippen molar-refractivity contribution in [2.24, 2.45) is 5.92 Å². The van der Waals surface area contributed by atoms with Gasteiger partial charge in [-0.25, -0.2) is 0 Å². The number of rotatable bonds is 23. The van der Waals surface area contributed by atoms with Gasteiger partial charge in [-0.05, 0) is 73.7 Å². The molecule has 0 aliphatic heterocycles. The van der Waals surface area contributed by atoms with Crippen LogP contribution in [0.1, 0.15) is 117 Å². The molecule has 0 radical (unpaired) electrons. The van der Waals surface area contributed by atoms with E-state index in [9.17, 15) is 9.59 Å². The van der Waals surface area contributed by atoms with Crippen LogP contribution in [0.25, 0.3) is 0 Å². The van der Waals surface area contributed by atoms with E-state index in [4.69, 9.17) is 18.9 Å². The van der Waals surface area contributed by atoms with Gasteiger partial charge in [-0.1, -0.05) is 85.0 Å². The third kappa shape index (κ3) is 16.7. The number of carbonyl (C=O) groups is 2. The monoisotopic (exact) mass is 568 g/mol. The molecule has 6 heteroatoms. The third-order valence-corrected chi connectivity index (χ3v) is 7.00. The highest BCUT2D eigenvalue weighted by Gasteiger charge is 2.14. The number of hydrogen-bond donors (Lipinski definition) is 0. The van der Waals surface area contributed by atoms with Crippen molar-refractivity contribution in [1.82, 2.24) is 0 Å². The Kier molecular flexibility index (Phi) is 18.1. The lowest BCUT2D eigenvalue weighted by Crippen LogP contribution is -2.15. The molecule has 0 saturated heterocycles. The predicted molar refractivity (Wildman–Crippen MR) is 165 cm³/mol. The lowest BCUT2D eigenvalue weighted by Gasteiger charge is -2.12. The van der Waals surface area contributed by atoms with Crippen LogP contribution in [0.5, 0.6) is 23.0 Å². The van der Waals surface area contributed by atoms with E-state index >= 15 is 0 Å². The van der Waals surface area contributed by atoms with Crippen LogP contribution in [0.2, 0.25) is 0 Å². The second kappa shape index (κ2) is 21.7. The Morgan fingerprint density at radius 2 is 0.951 bits per heavy atom. The molecule has 0 unspecified atom stereocenters. The zero-order valence-electron chi connectivity index (χ0n) is 25.7. The molecule has 228 valence electrons. The van der Waals surface area contributed by atoms with Crippen molar-refractivity contribution in [3.63, 3.8) is 0 Å². The van der Waals surface area contributed by atoms with Crippen molar-refractivity contribution < 1.29 is 28.5 Å². The smallest absolute Gasteiger partial charge is 0.311 e. The molecule has 2 rings (SSSR count). The molecule has 0 amide bonds. The average Bonchev–Trinajstić information content (AvgIpc) is 2.97. The minimum atomic E-state index is -0.317. The minimum absolute atomic E-state index is 0.00673. The van der Waals surface area contributed by atoms with Gasteiger partial charge in [0, 0.05) is 12.8 Å². The molecule has 6 nitrogen and oxygen atoms in total. The van der Waals surface area contributed by atoms with Crippen molar-refractivity contribution in [3.8, 4) is 23.0 Å². The number of ether oxygens (including phenoxy) is 4. The van der Waals surface area contributed by atoms with Crippen molar-refractivity contribution in [2.75, 3.05) is 13.2 Å². The summed E-state index contributed by atoms with van der Waals surface area (Å²) in [5.41, 5.74) is 0. The summed E-state index contributed by atoms with van der Waals surface area (Å²) in [6, 6.07) is 14.3. The van der Waals surface area contributed by atoms with Gasteiger partial charge in [0.1, 0.15) is 23.0 Å². The van der Waals surface area contributed by atoms with Gasteiger partial charge in [0.25, 0.3) is 0 Å². The first kappa shape index (κ1) is 34.2. The van der Waals surface area contributed by atoms with Gasteiger partial charge in [-0.3, -0.25) is 9.59 Å². The third-order valence-electron chi connectivity index (χ3n) is 7.00. The highest BCUT2D eigenvalue weighted by molar-refractivity contribution is 5.74. The molecule has 41 heavy (non-hydrogen) atoms. The quantitative estimate of drug-likeness (QED) is 0.0755. The number of benzene rings is 2. The van der Waals surface area contributed by atoms with Gasteiger partial charge in [-0.2, -0.15) is 0 Å². The van der Waals surface area contributed by atoms with Crippen LogP contribution in [-0.4, -0.2) is 25.2 Å². The van der Waals surface area contributed by atoms with Crippen LogP contribution in [0.4, 0.5) is 0 Å². The molecule has 1 atom stereocenters. The fraction of sp³-hybridized carbons (Fsp3) is 0.600. The normalized spacial score (nSPS) is 11.6. The topological polar surface area (TPSA) is 71.1 Å². The van der Waals surface area contributed by atoms with Crippen molar-refractivity contribution in [3.05, 3.63) is 48.5 Å². The van der Waals surface area contributed by atoms with E-state index in [1.54, 1.807) is 24.3 Å². The lowest BCUT2D eigenvalue weighted by molar-refractivity contribution is -0.137. The summed E-state index contributed by atoms with van der Waals surface area (Å²) in [7, 11) is 0. The molecule has 0 fully saturated rings. The van der Waals surface area contributed by atoms with Crippen LogP contribution in [-0.2, 0) is 9.59 Å². The van der Waals surface area contributed by atoms with Crippen LogP contribution >= 0.6 is 0 Å². The van der Waals surface area contributed by atoms with E-state index in [-0.39, 0.29) is 30.7 Å². The molecule has 2 aromatic rings. The summed E-state index contributed by atoms with van der Waals surface area (Å²) in [5, 5.41) is 0. The van der Waals surface area contributed by atoms with E-state index in [0.29, 0.717) is 31.1 Å². The van der Waals surface area contributed by atoms with Crippen molar-refractivity contribution in [2.45, 2.75) is 117 Å². The van der Waals surface area contributed by atoms with Gasteiger partial charge in [0.05, 0.1) is 13.2 Å². The molecular weight excluding hydrogens is 516 g/mol. The Labute approximate surface area is 248 Å². The van der Waals surface area contributed by atoms with Gasteiger partial charge in [-0.15, -0.1) is 0 Å². The second-order valence-electron chi connectivity index (χ2n) is 11.0. The first-order valence-corrected chi connectivity index (χ1v) is 15.9. The second-order valence-corrected chi connectivity index (χ2v) is 11.0. The standard InChI is InChI=1S/C35H52O6/c1-4-6-8-10-12-14-26-38-30-17-21-32(22-18-30)40-34(36)25-16-29(3)28-35(37)41-33-23-19-31(20-24-33)39-27-15-13-11-9-7-5-2/h17-24,29H,4-16,25-28H2,1-3H3/t29-/m1/s1. The fourth-order valence-electron chi connectivity index (χ4n) is 4.46. The molecule has 0 heterocycles. The van der Waals surface area contributed by atoms with Gasteiger partial charge in [0.2, 0.25) is 0 Å². The molecule has 0 N–H and O–H groups in total. The van der Waals surface area contributed by atoms with E-state index in [1.165, 1.54) is 64.2 Å². The maximum absolute atomic E-state index is 12.4. The van der Waals surface area contributed by atoms with Gasteiger partial charge < -0.3 is 18.9 Å². The van der Waals surface area contributed by atoms with E-state index in [1.807, 2.05) is 31.2 Å². The van der Waals surface area contributed by atoms with E-state index < -0.39 is 0 Å². The lowest BCUT2D eigenvalue weighted by atomic mass is 10.0. The summed E-state index contributed by atoms with van der Waals surface area (Å²) in [4.78, 5) is 24.7. The van der Waals surface area contributed by atoms with Crippen LogP contribution in [0.3, 0.4) is 0 Å². The Morgan fingerprint density at radius 3 is 1.41 bits per heavy atom. The highest BCUT2D eigenvalue weighted by atomic mass is 16.5. The Bertz CT molecular complexity index is 954. The largest absolute Gasteiger partial charge is 0.494 e. The van der Waals surface area contributed by atoms with E-state index in [2.05, 4.69) is 13.8 Å². The van der Waals surface area contributed by atoms with Gasteiger partial charge >= 0.3 is 11.9 Å². The van der Waals surface area contributed by atoms with Crippen molar-refractivity contribution in [1.29, 1.82) is 0 Å². The number of carbonyl (C=O) groups excluding carboxylic acids is 2. The first-order valence-electron chi connectivity index (χ1n) is 15.9. The molecule has 0 saturated carbocycles. The summed E-state index contributed by atoms with van der Waals surface area (Å²) >= 11 is 0. The maximum Gasteiger partial charge on any atom is 0.311 e. The zero-order chi connectivity index (χ0) is 29.5. The molecule has 2 aromatic carbocycles. The fourth-order valence-corrected chi connectivity index (χ4v) is 4.46. The predicted octanol–water partition coefficient (Wildman–Crippen LogP) is 9.48.